The predicted octanol–water partition coefficient (Wildman–Crippen LogP) is 23.6. The van der Waals surface area contributed by atoms with Gasteiger partial charge in [0, 0.05) is 19.3 Å². The van der Waals surface area contributed by atoms with Crippen LogP contribution < -0.4 is 0 Å². The van der Waals surface area contributed by atoms with E-state index in [0.29, 0.717) is 19.3 Å². The highest BCUT2D eigenvalue weighted by molar-refractivity contribution is 5.71. The van der Waals surface area contributed by atoms with Crippen LogP contribution in [-0.2, 0) is 28.6 Å². The Morgan fingerprint density at radius 2 is 0.468 bits per heavy atom. The molecule has 0 rings (SSSR count). The lowest BCUT2D eigenvalue weighted by atomic mass is 10.0. The van der Waals surface area contributed by atoms with Gasteiger partial charge in [0.25, 0.3) is 0 Å². The van der Waals surface area contributed by atoms with Crippen molar-refractivity contribution in [2.75, 3.05) is 13.2 Å². The van der Waals surface area contributed by atoms with E-state index in [1.807, 2.05) is 0 Å². The second kappa shape index (κ2) is 66.1. The molecule has 77 heavy (non-hydrogen) atoms. The maximum Gasteiger partial charge on any atom is 0.306 e. The molecule has 0 aliphatic heterocycles. The smallest absolute Gasteiger partial charge is 0.306 e. The summed E-state index contributed by atoms with van der Waals surface area (Å²) in [6, 6.07) is 0. The summed E-state index contributed by atoms with van der Waals surface area (Å²) in [5, 5.41) is 0. The standard InChI is InChI=1S/C71H132O6/c1-4-7-10-13-16-19-22-24-26-28-30-32-34-35-37-38-40-42-44-46-49-52-55-58-61-64-70(73)76-67-68(66-75-69(72)63-60-57-54-51-48-21-18-15-12-9-6-3)77-71(74)65-62-59-56-53-50-47-45-43-41-39-36-33-31-29-27-25-23-20-17-14-11-8-5-2/h22,24,28-31,68H,4-21,23,25-27,32-67H2,1-3H3/b24-22-,30-28-,31-29-. The van der Waals surface area contributed by atoms with Crippen LogP contribution >= 0.6 is 0 Å². The second-order valence-corrected chi connectivity index (χ2v) is 23.4. The van der Waals surface area contributed by atoms with Crippen LogP contribution in [0.1, 0.15) is 380 Å². The van der Waals surface area contributed by atoms with Crippen LogP contribution in [0.5, 0.6) is 0 Å². The molecule has 0 fully saturated rings. The van der Waals surface area contributed by atoms with E-state index in [4.69, 9.17) is 14.2 Å². The van der Waals surface area contributed by atoms with Crippen molar-refractivity contribution in [3.63, 3.8) is 0 Å². The lowest BCUT2D eigenvalue weighted by molar-refractivity contribution is -0.167. The summed E-state index contributed by atoms with van der Waals surface area (Å²) in [6.45, 7) is 6.69. The van der Waals surface area contributed by atoms with Gasteiger partial charge in [-0.15, -0.1) is 0 Å². The first-order valence-electron chi connectivity index (χ1n) is 34.5. The first-order valence-corrected chi connectivity index (χ1v) is 34.5. The Bertz CT molecular complexity index is 1290. The summed E-state index contributed by atoms with van der Waals surface area (Å²) in [4.78, 5) is 38.3. The fourth-order valence-corrected chi connectivity index (χ4v) is 10.4. The largest absolute Gasteiger partial charge is 0.462 e. The number of carbonyl (C=O) groups is 3. The number of hydrogen-bond acceptors (Lipinski definition) is 6. The van der Waals surface area contributed by atoms with Gasteiger partial charge in [0.1, 0.15) is 13.2 Å². The Balaban J connectivity index is 4.20. The molecule has 0 aliphatic rings. The molecule has 1 unspecified atom stereocenters. The van der Waals surface area contributed by atoms with Gasteiger partial charge >= 0.3 is 17.9 Å². The third kappa shape index (κ3) is 64.3. The van der Waals surface area contributed by atoms with Gasteiger partial charge in [0.2, 0.25) is 0 Å². The van der Waals surface area contributed by atoms with E-state index >= 15 is 0 Å². The van der Waals surface area contributed by atoms with Gasteiger partial charge in [-0.25, -0.2) is 0 Å². The minimum atomic E-state index is -0.770. The van der Waals surface area contributed by atoms with Crippen molar-refractivity contribution in [2.45, 2.75) is 386 Å². The maximum absolute atomic E-state index is 12.9. The average Bonchev–Trinajstić information content (AvgIpc) is 3.43. The molecule has 0 spiro atoms. The van der Waals surface area contributed by atoms with Crippen LogP contribution in [0.25, 0.3) is 0 Å². The predicted molar refractivity (Wildman–Crippen MR) is 335 cm³/mol. The van der Waals surface area contributed by atoms with Gasteiger partial charge < -0.3 is 14.2 Å². The fraction of sp³-hybridized carbons (Fsp3) is 0.873. The number of rotatable bonds is 64. The summed E-state index contributed by atoms with van der Waals surface area (Å²) in [7, 11) is 0. The van der Waals surface area contributed by atoms with Gasteiger partial charge in [-0.05, 0) is 77.0 Å². The van der Waals surface area contributed by atoms with Crippen molar-refractivity contribution in [3.05, 3.63) is 36.5 Å². The van der Waals surface area contributed by atoms with Crippen molar-refractivity contribution in [1.29, 1.82) is 0 Å². The number of hydrogen-bond donors (Lipinski definition) is 0. The lowest BCUT2D eigenvalue weighted by Crippen LogP contribution is -2.30. The van der Waals surface area contributed by atoms with Crippen LogP contribution in [0.15, 0.2) is 36.5 Å². The van der Waals surface area contributed by atoms with Gasteiger partial charge in [-0.2, -0.15) is 0 Å². The summed E-state index contributed by atoms with van der Waals surface area (Å²) in [6.07, 6.45) is 81.7. The second-order valence-electron chi connectivity index (χ2n) is 23.4. The Morgan fingerprint density at radius 3 is 0.727 bits per heavy atom. The maximum atomic E-state index is 12.9. The quantitative estimate of drug-likeness (QED) is 0.0261. The zero-order valence-corrected chi connectivity index (χ0v) is 52.0. The molecule has 0 saturated carbocycles. The van der Waals surface area contributed by atoms with Gasteiger partial charge in [0.15, 0.2) is 6.10 Å². The molecule has 0 aromatic heterocycles. The molecule has 6 heteroatoms. The SMILES string of the molecule is CCCCCCC/C=C\C/C=C\CCCCCCCCCCCCCCCC(=O)OCC(COC(=O)CCCCCCCCCCCCC)OC(=O)CCCCCCCCCCCCC/C=C\CCCCCCCCCC. The third-order valence-electron chi connectivity index (χ3n) is 15.6. The topological polar surface area (TPSA) is 78.9 Å². The highest BCUT2D eigenvalue weighted by Crippen LogP contribution is 2.18. The molecule has 452 valence electrons. The first-order chi connectivity index (χ1) is 38.0. The van der Waals surface area contributed by atoms with Crippen molar-refractivity contribution in [2.24, 2.45) is 0 Å². The normalized spacial score (nSPS) is 12.2. The van der Waals surface area contributed by atoms with E-state index in [0.717, 1.165) is 64.2 Å². The van der Waals surface area contributed by atoms with Crippen molar-refractivity contribution >= 4 is 17.9 Å². The molecule has 0 amide bonds. The Morgan fingerprint density at radius 1 is 0.260 bits per heavy atom. The van der Waals surface area contributed by atoms with Crippen LogP contribution in [0, 0.1) is 0 Å². The molecular weight excluding hydrogens is 949 g/mol. The fourth-order valence-electron chi connectivity index (χ4n) is 10.4. The average molecular weight is 1080 g/mol. The molecule has 6 nitrogen and oxygen atoms in total. The molecule has 0 heterocycles. The Labute approximate surface area is 480 Å². The summed E-state index contributed by atoms with van der Waals surface area (Å²) < 4.78 is 17.0. The van der Waals surface area contributed by atoms with Crippen LogP contribution in [-0.4, -0.2) is 37.2 Å². The van der Waals surface area contributed by atoms with Crippen molar-refractivity contribution in [3.8, 4) is 0 Å². The third-order valence-corrected chi connectivity index (χ3v) is 15.6. The van der Waals surface area contributed by atoms with Crippen molar-refractivity contribution < 1.29 is 28.6 Å². The highest BCUT2D eigenvalue weighted by atomic mass is 16.6. The van der Waals surface area contributed by atoms with E-state index in [9.17, 15) is 14.4 Å². The number of esters is 3. The summed E-state index contributed by atoms with van der Waals surface area (Å²) >= 11 is 0. The molecule has 0 bridgehead atoms. The molecule has 0 saturated heterocycles. The van der Waals surface area contributed by atoms with E-state index < -0.39 is 6.10 Å². The monoisotopic (exact) mass is 1080 g/mol. The highest BCUT2D eigenvalue weighted by Gasteiger charge is 2.19. The lowest BCUT2D eigenvalue weighted by Gasteiger charge is -2.18. The zero-order chi connectivity index (χ0) is 55.7. The molecule has 0 aliphatic carbocycles. The molecule has 0 aromatic rings. The molecule has 0 N–H and O–H groups in total. The minimum absolute atomic E-state index is 0.0675. The first kappa shape index (κ1) is 74.6. The molecule has 0 radical (unpaired) electrons. The molecular formula is C71H132O6. The Hall–Kier alpha value is -2.37. The van der Waals surface area contributed by atoms with Gasteiger partial charge in [0.05, 0.1) is 0 Å². The number of allylic oxidation sites excluding steroid dienone is 6. The van der Waals surface area contributed by atoms with Crippen LogP contribution in [0.3, 0.4) is 0 Å². The van der Waals surface area contributed by atoms with Crippen LogP contribution in [0.2, 0.25) is 0 Å². The molecule has 1 atom stereocenters. The van der Waals surface area contributed by atoms with Crippen LogP contribution in [0.4, 0.5) is 0 Å². The molecule has 0 aromatic carbocycles. The van der Waals surface area contributed by atoms with E-state index in [1.165, 1.54) is 276 Å². The minimum Gasteiger partial charge on any atom is -0.462 e. The number of carbonyl (C=O) groups excluding carboxylic acids is 3. The number of unbranched alkanes of at least 4 members (excludes halogenated alkanes) is 47. The Kier molecular flexibility index (Phi) is 64.1. The van der Waals surface area contributed by atoms with Gasteiger partial charge in [-0.3, -0.25) is 14.4 Å². The van der Waals surface area contributed by atoms with E-state index in [-0.39, 0.29) is 31.1 Å². The zero-order valence-electron chi connectivity index (χ0n) is 52.0. The van der Waals surface area contributed by atoms with E-state index in [2.05, 4.69) is 57.2 Å². The van der Waals surface area contributed by atoms with Gasteiger partial charge in [-0.1, -0.05) is 320 Å². The summed E-state index contributed by atoms with van der Waals surface area (Å²) in [5.74, 6) is -0.844. The van der Waals surface area contributed by atoms with E-state index in [1.54, 1.807) is 0 Å². The summed E-state index contributed by atoms with van der Waals surface area (Å²) in [5.41, 5.74) is 0. The number of ether oxygens (including phenoxy) is 3. The van der Waals surface area contributed by atoms with Crippen molar-refractivity contribution in [1.82, 2.24) is 0 Å².